The van der Waals surface area contributed by atoms with Crippen LogP contribution >= 0.6 is 0 Å². The van der Waals surface area contributed by atoms with E-state index >= 15 is 0 Å². The molecule has 30 heavy (non-hydrogen) atoms. The highest BCUT2D eigenvalue weighted by atomic mass is 16.3. The second-order valence-corrected chi connectivity index (χ2v) is 6.80. The van der Waals surface area contributed by atoms with Gasteiger partial charge in [0.25, 0.3) is 0 Å². The third-order valence-electron chi connectivity index (χ3n) is 4.85. The Morgan fingerprint density at radius 1 is 1.27 bits per heavy atom. The van der Waals surface area contributed by atoms with Crippen LogP contribution in [0.25, 0.3) is 33.9 Å². The number of nitrogens with zero attached hydrogens (tertiary/aromatic N) is 7. The topological polar surface area (TPSA) is 131 Å². The summed E-state index contributed by atoms with van der Waals surface area (Å²) in [5, 5.41) is 27.6. The van der Waals surface area contributed by atoms with Gasteiger partial charge in [0.15, 0.2) is 0 Å². The number of fused-ring (bicyclic) bond motifs is 1. The Balaban J connectivity index is 2.08. The summed E-state index contributed by atoms with van der Waals surface area (Å²) < 4.78 is 3.36. The number of aliphatic hydroxyl groups excluding tert-OH is 1. The average molecular weight is 400 g/mol. The number of aromatic nitrogens is 6. The highest BCUT2D eigenvalue weighted by molar-refractivity contribution is 6.05. The van der Waals surface area contributed by atoms with Crippen molar-refractivity contribution in [1.82, 2.24) is 29.5 Å². The summed E-state index contributed by atoms with van der Waals surface area (Å²) in [6.07, 6.45) is 6.80. The molecule has 0 aliphatic heterocycles. The van der Waals surface area contributed by atoms with E-state index in [4.69, 9.17) is 5.73 Å². The largest absolute Gasteiger partial charge is 0.396 e. The van der Waals surface area contributed by atoms with Crippen molar-refractivity contribution in [3.05, 3.63) is 54.2 Å². The number of rotatable bonds is 6. The number of anilines is 1. The first-order valence-corrected chi connectivity index (χ1v) is 9.43. The number of aryl methyl sites for hydroxylation is 2. The molecule has 3 heterocycles. The minimum Gasteiger partial charge on any atom is -0.396 e. The number of nitrogens with two attached hydrogens (primary N) is 1. The van der Waals surface area contributed by atoms with Crippen LogP contribution in [0, 0.1) is 18.3 Å². The van der Waals surface area contributed by atoms with Crippen LogP contribution < -0.4 is 5.73 Å². The summed E-state index contributed by atoms with van der Waals surface area (Å²) in [5.74, 6) is 0.354. The van der Waals surface area contributed by atoms with Crippen molar-refractivity contribution < 1.29 is 5.11 Å². The highest BCUT2D eigenvalue weighted by Gasteiger charge is 2.21. The fraction of sp³-hybridized carbons (Fsp3) is 0.190. The van der Waals surface area contributed by atoms with Crippen LogP contribution in [0.4, 0.5) is 5.82 Å². The van der Waals surface area contributed by atoms with Crippen molar-refractivity contribution in [3.8, 4) is 17.2 Å². The number of benzene rings is 1. The van der Waals surface area contributed by atoms with Crippen LogP contribution in [0.5, 0.6) is 0 Å². The van der Waals surface area contributed by atoms with Crippen molar-refractivity contribution in [2.75, 3.05) is 12.3 Å². The minimum absolute atomic E-state index is 0.0252. The molecule has 3 aromatic heterocycles. The molecule has 0 saturated carbocycles. The number of allylic oxidation sites excluding steroid dienone is 1. The molecule has 0 aliphatic rings. The van der Waals surface area contributed by atoms with E-state index in [0.29, 0.717) is 35.5 Å². The first kappa shape index (κ1) is 19.3. The van der Waals surface area contributed by atoms with Crippen molar-refractivity contribution >= 4 is 28.6 Å². The molecule has 4 aromatic rings. The highest BCUT2D eigenvalue weighted by Crippen LogP contribution is 2.38. The lowest BCUT2D eigenvalue weighted by molar-refractivity contribution is 0.280. The van der Waals surface area contributed by atoms with E-state index in [-0.39, 0.29) is 6.61 Å². The monoisotopic (exact) mass is 400 g/mol. The lowest BCUT2D eigenvalue weighted by atomic mass is 10.0. The molecular formula is C21H20N8O. The predicted molar refractivity (Wildman–Crippen MR) is 114 cm³/mol. The molecule has 9 nitrogen and oxygen atoms in total. The van der Waals surface area contributed by atoms with E-state index in [0.717, 1.165) is 22.4 Å². The summed E-state index contributed by atoms with van der Waals surface area (Å²) in [5.41, 5.74) is 10.8. The van der Waals surface area contributed by atoms with Gasteiger partial charge in [0.05, 0.1) is 23.5 Å². The fourth-order valence-electron chi connectivity index (χ4n) is 3.44. The molecule has 1 aromatic carbocycles. The normalized spacial score (nSPS) is 11.7. The Labute approximate surface area is 172 Å². The summed E-state index contributed by atoms with van der Waals surface area (Å²) in [4.78, 5) is 8.64. The van der Waals surface area contributed by atoms with Gasteiger partial charge in [-0.05, 0) is 25.0 Å². The molecule has 0 saturated heterocycles. The van der Waals surface area contributed by atoms with Crippen LogP contribution in [0.1, 0.15) is 17.7 Å². The number of hydrogen-bond donors (Lipinski definition) is 2. The first-order chi connectivity index (χ1) is 14.6. The summed E-state index contributed by atoms with van der Waals surface area (Å²) in [6, 6.07) is 10.2. The maximum atomic E-state index is 9.74. The van der Waals surface area contributed by atoms with Gasteiger partial charge in [-0.25, -0.2) is 14.6 Å². The first-order valence-electron chi connectivity index (χ1n) is 9.43. The zero-order chi connectivity index (χ0) is 21.1. The van der Waals surface area contributed by atoms with Gasteiger partial charge >= 0.3 is 0 Å². The maximum absolute atomic E-state index is 9.74. The Kier molecular flexibility index (Phi) is 5.24. The molecule has 0 radical (unpaired) electrons. The zero-order valence-electron chi connectivity index (χ0n) is 16.4. The van der Waals surface area contributed by atoms with Crippen LogP contribution in [-0.2, 0) is 6.54 Å². The van der Waals surface area contributed by atoms with E-state index in [1.165, 1.54) is 17.2 Å². The Morgan fingerprint density at radius 3 is 2.73 bits per heavy atom. The van der Waals surface area contributed by atoms with Gasteiger partial charge in [-0.2, -0.15) is 5.26 Å². The van der Waals surface area contributed by atoms with Gasteiger partial charge in [-0.1, -0.05) is 35.0 Å². The van der Waals surface area contributed by atoms with Gasteiger partial charge in [0, 0.05) is 18.7 Å². The molecule has 0 fully saturated rings. The molecule has 0 atom stereocenters. The smallest absolute Gasteiger partial charge is 0.146 e. The van der Waals surface area contributed by atoms with E-state index in [9.17, 15) is 10.4 Å². The van der Waals surface area contributed by atoms with Crippen LogP contribution in [-0.4, -0.2) is 41.2 Å². The van der Waals surface area contributed by atoms with Crippen LogP contribution in [0.3, 0.4) is 0 Å². The van der Waals surface area contributed by atoms with Crippen molar-refractivity contribution in [1.29, 1.82) is 5.26 Å². The zero-order valence-corrected chi connectivity index (χ0v) is 16.4. The molecule has 0 bridgehead atoms. The third-order valence-corrected chi connectivity index (χ3v) is 4.85. The van der Waals surface area contributed by atoms with Crippen LogP contribution in [0.15, 0.2) is 43.0 Å². The second-order valence-electron chi connectivity index (χ2n) is 6.80. The molecule has 9 heteroatoms. The van der Waals surface area contributed by atoms with E-state index in [1.54, 1.807) is 12.3 Å². The lowest BCUT2D eigenvalue weighted by Crippen LogP contribution is -2.05. The molecule has 0 aliphatic carbocycles. The average Bonchev–Trinajstić information content (AvgIpc) is 3.38. The predicted octanol–water partition coefficient (Wildman–Crippen LogP) is 2.48. The fourth-order valence-corrected chi connectivity index (χ4v) is 3.44. The second kappa shape index (κ2) is 8.14. The maximum Gasteiger partial charge on any atom is 0.146 e. The van der Waals surface area contributed by atoms with Gasteiger partial charge in [-0.3, -0.25) is 0 Å². The van der Waals surface area contributed by atoms with Crippen molar-refractivity contribution in [2.24, 2.45) is 0 Å². The molecule has 4 rings (SSSR count). The molecule has 0 amide bonds. The Morgan fingerprint density at radius 2 is 2.07 bits per heavy atom. The van der Waals surface area contributed by atoms with Crippen molar-refractivity contribution in [2.45, 2.75) is 19.9 Å². The SMILES string of the molecule is Cc1ccc(-c2c(C=C(C#N)n3ccnn3)n(CCCO)c3ncnc(N)c23)cc1. The lowest BCUT2D eigenvalue weighted by Gasteiger charge is -2.09. The molecule has 0 spiro atoms. The third kappa shape index (κ3) is 3.40. The van der Waals surface area contributed by atoms with Gasteiger partial charge < -0.3 is 15.4 Å². The quantitative estimate of drug-likeness (QED) is 0.475. The summed E-state index contributed by atoms with van der Waals surface area (Å²) in [6.45, 7) is 2.54. The number of nitriles is 1. The van der Waals surface area contributed by atoms with Crippen molar-refractivity contribution in [3.63, 3.8) is 0 Å². The van der Waals surface area contributed by atoms with E-state index in [2.05, 4.69) is 26.3 Å². The molecular weight excluding hydrogens is 380 g/mol. The molecule has 150 valence electrons. The van der Waals surface area contributed by atoms with E-state index < -0.39 is 0 Å². The standard InChI is InChI=1S/C21H20N8O/c1-14-3-5-15(6-4-14)18-17(11-16(12-22)29-9-7-26-27-29)28(8-2-10-30)21-19(18)20(23)24-13-25-21/h3-7,9,11,13,30H,2,8,10H2,1H3,(H2,23,24,25). The van der Waals surface area contributed by atoms with Gasteiger partial charge in [0.2, 0.25) is 0 Å². The number of hydrogen-bond acceptors (Lipinski definition) is 7. The summed E-state index contributed by atoms with van der Waals surface area (Å²) >= 11 is 0. The van der Waals surface area contributed by atoms with Gasteiger partial charge in [-0.15, -0.1) is 5.10 Å². The number of aliphatic hydroxyl groups is 1. The number of nitrogen functional groups attached to an aromatic ring is 1. The Hall–Kier alpha value is -4.03. The van der Waals surface area contributed by atoms with Gasteiger partial charge in [0.1, 0.15) is 29.6 Å². The molecule has 3 N–H and O–H groups in total. The Bertz CT molecular complexity index is 1250. The van der Waals surface area contributed by atoms with E-state index in [1.807, 2.05) is 35.8 Å². The minimum atomic E-state index is 0.0252. The summed E-state index contributed by atoms with van der Waals surface area (Å²) in [7, 11) is 0. The molecule has 0 unspecified atom stereocenters. The van der Waals surface area contributed by atoms with Crippen LogP contribution in [0.2, 0.25) is 0 Å².